The number of benzene rings is 1. The van der Waals surface area contributed by atoms with Crippen molar-refractivity contribution in [3.05, 3.63) is 34.7 Å². The molecule has 4 rings (SSSR count). The first kappa shape index (κ1) is 14.5. The van der Waals surface area contributed by atoms with Crippen molar-refractivity contribution < 1.29 is 9.53 Å². The molecule has 2 aliphatic rings. The molecule has 0 radical (unpaired) electrons. The van der Waals surface area contributed by atoms with E-state index in [-0.39, 0.29) is 23.7 Å². The van der Waals surface area contributed by atoms with E-state index in [1.807, 2.05) is 35.8 Å². The van der Waals surface area contributed by atoms with Gasteiger partial charge in [-0.15, -0.1) is 0 Å². The van der Waals surface area contributed by atoms with Crippen LogP contribution in [0.1, 0.15) is 38.6 Å². The number of rotatable bonds is 3. The van der Waals surface area contributed by atoms with Gasteiger partial charge in [0.15, 0.2) is 0 Å². The number of nitrogens with one attached hydrogen (secondary N) is 2. The zero-order chi connectivity index (χ0) is 16.0. The zero-order valence-corrected chi connectivity index (χ0v) is 13.2. The van der Waals surface area contributed by atoms with Crippen LogP contribution in [-0.4, -0.2) is 33.7 Å². The fourth-order valence-corrected chi connectivity index (χ4v) is 4.25. The number of esters is 1. The lowest BCUT2D eigenvalue weighted by Gasteiger charge is -2.37. The Labute approximate surface area is 133 Å². The molecule has 0 aliphatic carbocycles. The Morgan fingerprint density at radius 3 is 3.09 bits per heavy atom. The predicted molar refractivity (Wildman–Crippen MR) is 86.4 cm³/mol. The van der Waals surface area contributed by atoms with Gasteiger partial charge < -0.3 is 9.72 Å². The summed E-state index contributed by atoms with van der Waals surface area (Å²) in [6.45, 7) is 2.20. The molecule has 1 aromatic heterocycles. The van der Waals surface area contributed by atoms with Gasteiger partial charge in [-0.25, -0.2) is 4.79 Å². The molecule has 23 heavy (non-hydrogen) atoms. The highest BCUT2D eigenvalue weighted by Gasteiger charge is 2.52. The van der Waals surface area contributed by atoms with Crippen LogP contribution in [0.3, 0.4) is 0 Å². The highest BCUT2D eigenvalue weighted by atomic mass is 16.5. The third-order valence-corrected chi connectivity index (χ3v) is 5.20. The Kier molecular flexibility index (Phi) is 3.30. The molecule has 2 saturated heterocycles. The Hall–Kier alpha value is -2.08. The molecule has 2 bridgehead atoms. The Balaban J connectivity index is 1.74. The summed E-state index contributed by atoms with van der Waals surface area (Å²) in [5, 5.41) is 3.45. The number of carbonyl (C=O) groups is 1. The third kappa shape index (κ3) is 2.20. The van der Waals surface area contributed by atoms with Crippen LogP contribution in [0.4, 0.5) is 0 Å². The van der Waals surface area contributed by atoms with Crippen molar-refractivity contribution in [2.75, 3.05) is 6.61 Å². The Morgan fingerprint density at radius 1 is 1.43 bits per heavy atom. The molecule has 122 valence electrons. The standard InChI is InChI=1S/C17H21N3O3/c1-2-23-15(21)17-8-7-11(19-17)9-12(10-17)20-14-6-4-3-5-13(14)18-16(20)22/h3-6,11-12,19H,2,7-10H2,1H3,(H,18,22)/t11?,12-,17?/m1/s1. The molecule has 2 N–H and O–H groups in total. The van der Waals surface area contributed by atoms with Crippen LogP contribution in [0.5, 0.6) is 0 Å². The summed E-state index contributed by atoms with van der Waals surface area (Å²) in [7, 11) is 0. The second-order valence-corrected chi connectivity index (χ2v) is 6.59. The smallest absolute Gasteiger partial charge is 0.326 e. The topological polar surface area (TPSA) is 76.1 Å². The van der Waals surface area contributed by atoms with Crippen LogP contribution in [0, 0.1) is 0 Å². The van der Waals surface area contributed by atoms with E-state index in [0.29, 0.717) is 13.0 Å². The van der Waals surface area contributed by atoms with Crippen molar-refractivity contribution in [1.29, 1.82) is 0 Å². The van der Waals surface area contributed by atoms with Crippen molar-refractivity contribution in [3.8, 4) is 0 Å². The lowest BCUT2D eigenvalue weighted by Crippen LogP contribution is -2.56. The van der Waals surface area contributed by atoms with E-state index in [1.165, 1.54) is 0 Å². The van der Waals surface area contributed by atoms with E-state index in [2.05, 4.69) is 10.3 Å². The number of fused-ring (bicyclic) bond motifs is 3. The van der Waals surface area contributed by atoms with Crippen LogP contribution in [0.25, 0.3) is 11.0 Å². The average Bonchev–Trinajstić information content (AvgIpc) is 3.04. The Bertz CT molecular complexity index is 809. The number of hydrogen-bond acceptors (Lipinski definition) is 4. The molecule has 3 heterocycles. The maximum atomic E-state index is 12.5. The normalized spacial score (nSPS) is 29.8. The molecule has 2 fully saturated rings. The van der Waals surface area contributed by atoms with Gasteiger partial charge in [0.05, 0.1) is 17.6 Å². The van der Waals surface area contributed by atoms with E-state index < -0.39 is 5.54 Å². The van der Waals surface area contributed by atoms with Gasteiger partial charge in [-0.2, -0.15) is 0 Å². The van der Waals surface area contributed by atoms with Gasteiger partial charge in [-0.1, -0.05) is 12.1 Å². The quantitative estimate of drug-likeness (QED) is 0.846. The molecule has 2 aromatic rings. The summed E-state index contributed by atoms with van der Waals surface area (Å²) in [5.74, 6) is -0.180. The second-order valence-electron chi connectivity index (χ2n) is 6.59. The van der Waals surface area contributed by atoms with Gasteiger partial charge in [0.1, 0.15) is 5.54 Å². The first-order valence-corrected chi connectivity index (χ1v) is 8.27. The number of ether oxygens (including phenoxy) is 1. The van der Waals surface area contributed by atoms with E-state index in [1.54, 1.807) is 0 Å². The van der Waals surface area contributed by atoms with E-state index in [4.69, 9.17) is 4.74 Å². The first-order chi connectivity index (χ1) is 11.1. The van der Waals surface area contributed by atoms with Crippen molar-refractivity contribution in [3.63, 3.8) is 0 Å². The number of carbonyl (C=O) groups excluding carboxylic acids is 1. The number of imidazole rings is 1. The molecule has 6 heteroatoms. The largest absolute Gasteiger partial charge is 0.465 e. The van der Waals surface area contributed by atoms with Crippen LogP contribution < -0.4 is 11.0 Å². The number of aromatic nitrogens is 2. The molecule has 2 aliphatic heterocycles. The van der Waals surface area contributed by atoms with Crippen LogP contribution in [-0.2, 0) is 9.53 Å². The van der Waals surface area contributed by atoms with Crippen LogP contribution in [0.2, 0.25) is 0 Å². The maximum Gasteiger partial charge on any atom is 0.326 e. The summed E-state index contributed by atoms with van der Waals surface area (Å²) >= 11 is 0. The number of aromatic amines is 1. The van der Waals surface area contributed by atoms with E-state index >= 15 is 0 Å². The zero-order valence-electron chi connectivity index (χ0n) is 13.2. The number of H-pyrrole nitrogens is 1. The van der Waals surface area contributed by atoms with Gasteiger partial charge in [-0.3, -0.25) is 14.7 Å². The molecule has 0 saturated carbocycles. The lowest BCUT2D eigenvalue weighted by atomic mass is 9.87. The minimum Gasteiger partial charge on any atom is -0.465 e. The summed E-state index contributed by atoms with van der Waals surface area (Å²) < 4.78 is 7.11. The monoisotopic (exact) mass is 315 g/mol. The van der Waals surface area contributed by atoms with Gasteiger partial charge >= 0.3 is 11.7 Å². The molecule has 6 nitrogen and oxygen atoms in total. The Morgan fingerprint density at radius 2 is 2.26 bits per heavy atom. The predicted octanol–water partition coefficient (Wildman–Crippen LogP) is 1.72. The molecule has 3 atom stereocenters. The van der Waals surface area contributed by atoms with Crippen molar-refractivity contribution in [2.45, 2.75) is 50.2 Å². The number of para-hydroxylation sites is 2. The third-order valence-electron chi connectivity index (χ3n) is 5.20. The summed E-state index contributed by atoms with van der Waals surface area (Å²) in [4.78, 5) is 27.8. The van der Waals surface area contributed by atoms with Gasteiger partial charge in [0, 0.05) is 12.1 Å². The fourth-order valence-electron chi connectivity index (χ4n) is 4.25. The molecule has 0 spiro atoms. The molecule has 1 aromatic carbocycles. The number of piperidine rings is 1. The van der Waals surface area contributed by atoms with Crippen LogP contribution >= 0.6 is 0 Å². The SMILES string of the molecule is CCOC(=O)C12CCC(C[C@@H](n3c(=O)[nH]c4ccccc43)C1)N2. The lowest BCUT2D eigenvalue weighted by molar-refractivity contribution is -0.152. The average molecular weight is 315 g/mol. The van der Waals surface area contributed by atoms with Gasteiger partial charge in [0.25, 0.3) is 0 Å². The van der Waals surface area contributed by atoms with Crippen molar-refractivity contribution in [2.24, 2.45) is 0 Å². The number of nitrogens with zero attached hydrogens (tertiary/aromatic N) is 1. The highest BCUT2D eigenvalue weighted by molar-refractivity contribution is 5.82. The molecule has 2 unspecified atom stereocenters. The molecule has 0 amide bonds. The fraction of sp³-hybridized carbons (Fsp3) is 0.529. The highest BCUT2D eigenvalue weighted by Crippen LogP contribution is 2.42. The molecular weight excluding hydrogens is 294 g/mol. The first-order valence-electron chi connectivity index (χ1n) is 8.27. The van der Waals surface area contributed by atoms with Gasteiger partial charge in [0.2, 0.25) is 0 Å². The van der Waals surface area contributed by atoms with Crippen molar-refractivity contribution >= 4 is 17.0 Å². The number of hydrogen-bond donors (Lipinski definition) is 2. The second kappa shape index (κ2) is 5.23. The van der Waals surface area contributed by atoms with E-state index in [0.717, 1.165) is 30.3 Å². The maximum absolute atomic E-state index is 12.5. The minimum absolute atomic E-state index is 0.0109. The molecular formula is C17H21N3O3. The summed E-state index contributed by atoms with van der Waals surface area (Å²) in [5.41, 5.74) is 1.01. The minimum atomic E-state index is -0.637. The van der Waals surface area contributed by atoms with Gasteiger partial charge in [-0.05, 0) is 44.7 Å². The summed E-state index contributed by atoms with van der Waals surface area (Å²) in [6.07, 6.45) is 3.20. The van der Waals surface area contributed by atoms with E-state index in [9.17, 15) is 9.59 Å². The summed E-state index contributed by atoms with van der Waals surface area (Å²) in [6, 6.07) is 7.98. The van der Waals surface area contributed by atoms with Crippen molar-refractivity contribution in [1.82, 2.24) is 14.9 Å². The van der Waals surface area contributed by atoms with Crippen LogP contribution in [0.15, 0.2) is 29.1 Å².